The van der Waals surface area contributed by atoms with Crippen LogP contribution in [-0.4, -0.2) is 33.5 Å². The van der Waals surface area contributed by atoms with E-state index < -0.39 is 5.54 Å². The first-order chi connectivity index (χ1) is 7.74. The summed E-state index contributed by atoms with van der Waals surface area (Å²) in [6.45, 7) is -0.0173. The number of aromatic nitrogens is 2. The zero-order valence-electron chi connectivity index (χ0n) is 8.77. The third kappa shape index (κ3) is 2.48. The van der Waals surface area contributed by atoms with E-state index in [9.17, 15) is 9.90 Å². The number of hydrogen-bond acceptors (Lipinski definition) is 5. The van der Waals surface area contributed by atoms with Gasteiger partial charge in [0, 0.05) is 0 Å². The highest BCUT2D eigenvalue weighted by Crippen LogP contribution is 2.29. The fourth-order valence-electron chi connectivity index (χ4n) is 1.97. The molecule has 1 aliphatic rings. The van der Waals surface area contributed by atoms with E-state index in [-0.39, 0.29) is 12.6 Å². The minimum Gasteiger partial charge on any atom is -0.394 e. The van der Waals surface area contributed by atoms with Crippen molar-refractivity contribution in [1.29, 1.82) is 0 Å². The molecule has 3 N–H and O–H groups in total. The molecule has 0 atom stereocenters. The molecule has 0 aromatic carbocycles. The van der Waals surface area contributed by atoms with E-state index in [2.05, 4.69) is 20.8 Å². The molecule has 0 saturated heterocycles. The molecule has 1 aromatic heterocycles. The minimum absolute atomic E-state index is 0.0173. The molecule has 16 heavy (non-hydrogen) atoms. The highest BCUT2D eigenvalue weighted by atomic mass is 32.1. The molecule has 1 saturated carbocycles. The van der Waals surface area contributed by atoms with Gasteiger partial charge in [0.1, 0.15) is 5.51 Å². The molecule has 0 bridgehead atoms. The Morgan fingerprint density at radius 1 is 1.56 bits per heavy atom. The van der Waals surface area contributed by atoms with E-state index in [1.165, 1.54) is 11.3 Å². The Morgan fingerprint density at radius 2 is 2.31 bits per heavy atom. The Morgan fingerprint density at radius 3 is 2.88 bits per heavy atom. The molecule has 1 fully saturated rings. The van der Waals surface area contributed by atoms with Crippen molar-refractivity contribution < 1.29 is 9.90 Å². The Labute approximate surface area is 97.1 Å². The number of hydrogen-bond donors (Lipinski definition) is 3. The molecular weight excluding hydrogens is 228 g/mol. The third-order valence-corrected chi connectivity index (χ3v) is 3.43. The maximum atomic E-state index is 11.6. The second-order valence-electron chi connectivity index (χ2n) is 3.97. The van der Waals surface area contributed by atoms with E-state index in [0.29, 0.717) is 5.13 Å². The van der Waals surface area contributed by atoms with Crippen molar-refractivity contribution in [1.82, 2.24) is 15.5 Å². The first-order valence-corrected chi connectivity index (χ1v) is 6.08. The number of amides is 2. The van der Waals surface area contributed by atoms with Crippen molar-refractivity contribution in [2.75, 3.05) is 11.9 Å². The minimum atomic E-state index is -0.450. The number of aliphatic hydroxyl groups is 1. The van der Waals surface area contributed by atoms with E-state index in [1.807, 2.05) is 0 Å². The maximum Gasteiger partial charge on any atom is 0.321 e. The lowest BCUT2D eigenvalue weighted by molar-refractivity contribution is 0.167. The number of urea groups is 1. The van der Waals surface area contributed by atoms with Crippen LogP contribution in [0, 0.1) is 0 Å². The lowest BCUT2D eigenvalue weighted by atomic mass is 9.99. The van der Waals surface area contributed by atoms with Gasteiger partial charge in [0.25, 0.3) is 0 Å². The van der Waals surface area contributed by atoms with Gasteiger partial charge in [-0.15, -0.1) is 10.2 Å². The lowest BCUT2D eigenvalue weighted by Gasteiger charge is -2.27. The van der Waals surface area contributed by atoms with Crippen LogP contribution in [0.15, 0.2) is 5.51 Å². The Kier molecular flexibility index (Phi) is 3.35. The SMILES string of the molecule is O=C(Nc1nncs1)NC1(CO)CCCC1. The molecule has 1 heterocycles. The fraction of sp³-hybridized carbons (Fsp3) is 0.667. The molecule has 88 valence electrons. The highest BCUT2D eigenvalue weighted by molar-refractivity contribution is 7.13. The summed E-state index contributed by atoms with van der Waals surface area (Å²) in [5.41, 5.74) is 1.10. The van der Waals surface area contributed by atoms with Crippen molar-refractivity contribution in [3.05, 3.63) is 5.51 Å². The van der Waals surface area contributed by atoms with Gasteiger partial charge in [-0.1, -0.05) is 24.2 Å². The van der Waals surface area contributed by atoms with Gasteiger partial charge in [-0.25, -0.2) is 4.79 Å². The number of aliphatic hydroxyl groups excluding tert-OH is 1. The second kappa shape index (κ2) is 4.75. The largest absolute Gasteiger partial charge is 0.394 e. The van der Waals surface area contributed by atoms with E-state index >= 15 is 0 Å². The summed E-state index contributed by atoms with van der Waals surface area (Å²) in [6, 6.07) is -0.326. The quantitative estimate of drug-likeness (QED) is 0.737. The van der Waals surface area contributed by atoms with E-state index in [1.54, 1.807) is 5.51 Å². The Hall–Kier alpha value is -1.21. The molecule has 0 unspecified atom stereocenters. The van der Waals surface area contributed by atoms with Crippen molar-refractivity contribution >= 4 is 22.5 Å². The number of carbonyl (C=O) groups excluding carboxylic acids is 1. The molecule has 2 amide bonds. The summed E-state index contributed by atoms with van der Waals surface area (Å²) >= 11 is 1.26. The molecule has 6 nitrogen and oxygen atoms in total. The van der Waals surface area contributed by atoms with Crippen molar-refractivity contribution in [3.63, 3.8) is 0 Å². The molecule has 1 aliphatic carbocycles. The van der Waals surface area contributed by atoms with Crippen LogP contribution >= 0.6 is 11.3 Å². The number of nitrogens with one attached hydrogen (secondary N) is 2. The highest BCUT2D eigenvalue weighted by Gasteiger charge is 2.34. The predicted octanol–water partition coefficient (Wildman–Crippen LogP) is 0.965. The molecule has 1 aromatic rings. The zero-order valence-corrected chi connectivity index (χ0v) is 9.59. The lowest BCUT2D eigenvalue weighted by Crippen LogP contribution is -2.50. The van der Waals surface area contributed by atoms with Gasteiger partial charge in [-0.2, -0.15) is 0 Å². The van der Waals surface area contributed by atoms with Crippen LogP contribution in [0.1, 0.15) is 25.7 Å². The molecule has 0 spiro atoms. The van der Waals surface area contributed by atoms with Gasteiger partial charge in [0.05, 0.1) is 12.1 Å². The maximum absolute atomic E-state index is 11.6. The average molecular weight is 242 g/mol. The van der Waals surface area contributed by atoms with Crippen LogP contribution in [-0.2, 0) is 0 Å². The van der Waals surface area contributed by atoms with Crippen molar-refractivity contribution in [2.45, 2.75) is 31.2 Å². The Bertz CT molecular complexity index is 348. The summed E-state index contributed by atoms with van der Waals surface area (Å²) in [4.78, 5) is 11.6. The average Bonchev–Trinajstić information content (AvgIpc) is 2.90. The predicted molar refractivity (Wildman–Crippen MR) is 60.3 cm³/mol. The molecule has 0 radical (unpaired) electrons. The first-order valence-electron chi connectivity index (χ1n) is 5.20. The standard InChI is InChI=1S/C9H14N4O2S/c14-5-9(3-1-2-4-9)12-7(15)11-8-13-10-6-16-8/h6,14H,1-5H2,(H2,11,12,13,15). The normalized spacial score (nSPS) is 18.3. The van der Waals surface area contributed by atoms with Crippen LogP contribution < -0.4 is 10.6 Å². The number of nitrogens with zero attached hydrogens (tertiary/aromatic N) is 2. The summed E-state index contributed by atoms with van der Waals surface area (Å²) in [7, 11) is 0. The van der Waals surface area contributed by atoms with Gasteiger partial charge in [-0.05, 0) is 12.8 Å². The monoisotopic (exact) mass is 242 g/mol. The number of rotatable bonds is 3. The van der Waals surface area contributed by atoms with Gasteiger partial charge in [0.15, 0.2) is 0 Å². The van der Waals surface area contributed by atoms with Crippen LogP contribution in [0.3, 0.4) is 0 Å². The summed E-state index contributed by atoms with van der Waals surface area (Å²) in [6.07, 6.45) is 3.74. The molecule has 2 rings (SSSR count). The van der Waals surface area contributed by atoms with Crippen LogP contribution in [0.2, 0.25) is 0 Å². The smallest absolute Gasteiger partial charge is 0.321 e. The van der Waals surface area contributed by atoms with Gasteiger partial charge in [0.2, 0.25) is 5.13 Å². The van der Waals surface area contributed by atoms with E-state index in [0.717, 1.165) is 25.7 Å². The molecule has 7 heteroatoms. The zero-order chi connectivity index (χ0) is 11.4. The van der Waals surface area contributed by atoms with Gasteiger partial charge >= 0.3 is 6.03 Å². The van der Waals surface area contributed by atoms with E-state index in [4.69, 9.17) is 0 Å². The van der Waals surface area contributed by atoms with Gasteiger partial charge < -0.3 is 10.4 Å². The van der Waals surface area contributed by atoms with Crippen molar-refractivity contribution in [2.24, 2.45) is 0 Å². The summed E-state index contributed by atoms with van der Waals surface area (Å²) < 4.78 is 0. The Balaban J connectivity index is 1.91. The number of anilines is 1. The van der Waals surface area contributed by atoms with Crippen LogP contribution in [0.25, 0.3) is 0 Å². The van der Waals surface area contributed by atoms with Crippen molar-refractivity contribution in [3.8, 4) is 0 Å². The topological polar surface area (TPSA) is 87.1 Å². The third-order valence-electron chi connectivity index (χ3n) is 2.82. The molecule has 0 aliphatic heterocycles. The fourth-order valence-corrected chi connectivity index (χ4v) is 2.41. The summed E-state index contributed by atoms with van der Waals surface area (Å²) in [5, 5.41) is 22.5. The van der Waals surface area contributed by atoms with Gasteiger partial charge in [-0.3, -0.25) is 5.32 Å². The van der Waals surface area contributed by atoms with Crippen LogP contribution in [0.4, 0.5) is 9.93 Å². The number of carbonyl (C=O) groups is 1. The molecular formula is C9H14N4O2S. The van der Waals surface area contributed by atoms with Crippen LogP contribution in [0.5, 0.6) is 0 Å². The second-order valence-corrected chi connectivity index (χ2v) is 4.80. The summed E-state index contributed by atoms with van der Waals surface area (Å²) in [5.74, 6) is 0. The first kappa shape index (κ1) is 11.3.